The number of aromatic nitrogens is 6. The molecule has 258 valence electrons. The first kappa shape index (κ1) is 34.8. The highest BCUT2D eigenvalue weighted by atomic mass is 32.1. The summed E-state index contributed by atoms with van der Waals surface area (Å²) in [6.07, 6.45) is 6.56. The van der Waals surface area contributed by atoms with E-state index in [1.54, 1.807) is 43.0 Å². The molecule has 0 unspecified atom stereocenters. The van der Waals surface area contributed by atoms with Crippen molar-refractivity contribution >= 4 is 65.4 Å². The maximum Gasteiger partial charge on any atom is 0.321 e. The molecule has 0 spiro atoms. The number of aliphatic hydroxyl groups excluding tert-OH is 1. The molecular weight excluding hydrogens is 689 g/mol. The lowest BCUT2D eigenvalue weighted by Crippen LogP contribution is -2.28. The molecule has 5 N–H and O–H groups in total. The normalized spacial score (nSPS) is 10.7. The second kappa shape index (κ2) is 16.1. The Bertz CT molecular complexity index is 2360. The van der Waals surface area contributed by atoms with Crippen LogP contribution >= 0.6 is 22.7 Å². The van der Waals surface area contributed by atoms with E-state index < -0.39 is 0 Å². The minimum atomic E-state index is -0.278. The van der Waals surface area contributed by atoms with Crippen LogP contribution in [0.4, 0.5) is 19.9 Å². The zero-order chi connectivity index (χ0) is 35.7. The van der Waals surface area contributed by atoms with E-state index in [2.05, 4.69) is 46.2 Å². The van der Waals surface area contributed by atoms with Gasteiger partial charge in [0.2, 0.25) is 0 Å². The van der Waals surface area contributed by atoms with Crippen molar-refractivity contribution in [2.75, 3.05) is 23.7 Å². The van der Waals surface area contributed by atoms with E-state index in [-0.39, 0.29) is 24.2 Å². The Balaban J connectivity index is 0.000000179. The molecule has 0 saturated carbocycles. The van der Waals surface area contributed by atoms with Crippen molar-refractivity contribution in [3.8, 4) is 28.2 Å². The summed E-state index contributed by atoms with van der Waals surface area (Å²) in [5.41, 5.74) is 5.52. The Hall–Kier alpha value is -6.10. The standard InChI is InChI=1S/C19H16N6O2S.C16H16N4O2S/c1-2-20-18(27)24-19-23-13-9-12(6-7-15(13)28-19)14-10-22-16(11-21-14)25-8-4-3-5-17(25)26;1-2-17-15(22)20-16-19-13-7-10(4-6-14(13)23-16)11-3-5-12(9-21)18-8-11/h3-11H,2H2,1H3,(H2,20,23,24,27);3-8,21H,2,9H2,1H3,(H2,17,19,20,22). The number of urea groups is 2. The van der Waals surface area contributed by atoms with Gasteiger partial charge in [0.25, 0.3) is 5.56 Å². The van der Waals surface area contributed by atoms with Crippen LogP contribution in [0.1, 0.15) is 19.5 Å². The second-order valence-electron chi connectivity index (χ2n) is 10.7. The molecule has 5 aromatic heterocycles. The number of carbonyl (C=O) groups excluding carboxylic acids is 2. The molecule has 0 saturated heterocycles. The minimum Gasteiger partial charge on any atom is -0.390 e. The summed E-state index contributed by atoms with van der Waals surface area (Å²) < 4.78 is 3.39. The predicted molar refractivity (Wildman–Crippen MR) is 200 cm³/mol. The molecule has 5 heterocycles. The quantitative estimate of drug-likeness (QED) is 0.125. The second-order valence-corrected chi connectivity index (χ2v) is 12.8. The maximum absolute atomic E-state index is 11.9. The van der Waals surface area contributed by atoms with E-state index in [0.29, 0.717) is 40.6 Å². The maximum atomic E-state index is 11.9. The lowest BCUT2D eigenvalue weighted by Gasteiger charge is -2.05. The fourth-order valence-corrected chi connectivity index (χ4v) is 6.49. The summed E-state index contributed by atoms with van der Waals surface area (Å²) >= 11 is 2.83. The summed E-state index contributed by atoms with van der Waals surface area (Å²) in [6.45, 7) is 4.76. The van der Waals surface area contributed by atoms with Crippen LogP contribution in [0.5, 0.6) is 0 Å². The number of benzene rings is 2. The van der Waals surface area contributed by atoms with Gasteiger partial charge in [-0.25, -0.2) is 24.5 Å². The average Bonchev–Trinajstić information content (AvgIpc) is 3.74. The van der Waals surface area contributed by atoms with Crippen LogP contribution in [0, 0.1) is 0 Å². The van der Waals surface area contributed by atoms with Gasteiger partial charge < -0.3 is 15.7 Å². The third-order valence-corrected chi connectivity index (χ3v) is 9.12. The number of nitrogens with one attached hydrogen (secondary N) is 4. The van der Waals surface area contributed by atoms with Crippen LogP contribution in [0.15, 0.2) is 96.3 Å². The summed E-state index contributed by atoms with van der Waals surface area (Å²) in [4.78, 5) is 57.0. The summed E-state index contributed by atoms with van der Waals surface area (Å²) in [6, 6.07) is 19.8. The number of hydrogen-bond donors (Lipinski definition) is 5. The number of anilines is 2. The Morgan fingerprint density at radius 1 is 0.725 bits per heavy atom. The van der Waals surface area contributed by atoms with Gasteiger partial charge in [-0.15, -0.1) is 0 Å². The van der Waals surface area contributed by atoms with E-state index in [9.17, 15) is 14.4 Å². The van der Waals surface area contributed by atoms with Gasteiger partial charge >= 0.3 is 12.1 Å². The van der Waals surface area contributed by atoms with Gasteiger partial charge in [0.1, 0.15) is 0 Å². The van der Waals surface area contributed by atoms with E-state index in [0.717, 1.165) is 37.1 Å². The summed E-state index contributed by atoms with van der Waals surface area (Å²) in [5.74, 6) is 0.456. The Kier molecular flexibility index (Phi) is 11.0. The lowest BCUT2D eigenvalue weighted by atomic mass is 10.1. The Morgan fingerprint density at radius 2 is 1.35 bits per heavy atom. The van der Waals surface area contributed by atoms with Crippen LogP contribution in [-0.4, -0.2) is 59.7 Å². The summed E-state index contributed by atoms with van der Waals surface area (Å²) in [5, 5.41) is 20.9. The van der Waals surface area contributed by atoms with Crippen molar-refractivity contribution in [2.45, 2.75) is 20.5 Å². The van der Waals surface area contributed by atoms with Gasteiger partial charge in [-0.2, -0.15) is 0 Å². The lowest BCUT2D eigenvalue weighted by molar-refractivity contribution is 0.251. The number of hydrogen-bond acceptors (Lipinski definition) is 11. The number of aliphatic hydroxyl groups is 1. The van der Waals surface area contributed by atoms with E-state index in [4.69, 9.17) is 5.11 Å². The molecule has 7 rings (SSSR count). The number of fused-ring (bicyclic) bond motifs is 2. The average molecular weight is 721 g/mol. The van der Waals surface area contributed by atoms with Crippen molar-refractivity contribution in [1.82, 2.24) is 40.1 Å². The third kappa shape index (κ3) is 8.56. The van der Waals surface area contributed by atoms with Crippen molar-refractivity contribution in [1.29, 1.82) is 0 Å². The van der Waals surface area contributed by atoms with E-state index in [1.807, 2.05) is 56.3 Å². The molecule has 16 heteroatoms. The molecule has 7 aromatic rings. The zero-order valence-corrected chi connectivity index (χ0v) is 29.1. The fourth-order valence-electron chi connectivity index (χ4n) is 4.80. The minimum absolute atomic E-state index is 0.0692. The first-order chi connectivity index (χ1) is 24.8. The number of carbonyl (C=O) groups is 2. The van der Waals surface area contributed by atoms with Crippen LogP contribution in [0.3, 0.4) is 0 Å². The number of thiazole rings is 2. The molecule has 0 radical (unpaired) electrons. The van der Waals surface area contributed by atoms with Gasteiger partial charge in [0, 0.05) is 42.7 Å². The highest BCUT2D eigenvalue weighted by Gasteiger charge is 2.11. The number of rotatable bonds is 8. The molecule has 14 nitrogen and oxygen atoms in total. The first-order valence-corrected chi connectivity index (χ1v) is 17.4. The predicted octanol–water partition coefficient (Wildman–Crippen LogP) is 6.04. The molecule has 0 bridgehead atoms. The van der Waals surface area contributed by atoms with Crippen LogP contribution in [0.25, 0.3) is 48.6 Å². The molecule has 0 aliphatic rings. The fraction of sp³-hybridized carbons (Fsp3) is 0.143. The molecule has 0 atom stereocenters. The van der Waals surface area contributed by atoms with Gasteiger partial charge in [0.15, 0.2) is 16.1 Å². The summed E-state index contributed by atoms with van der Waals surface area (Å²) in [7, 11) is 0. The van der Waals surface area contributed by atoms with Crippen LogP contribution < -0.4 is 26.8 Å². The largest absolute Gasteiger partial charge is 0.390 e. The smallest absolute Gasteiger partial charge is 0.321 e. The monoisotopic (exact) mass is 720 g/mol. The van der Waals surface area contributed by atoms with Gasteiger partial charge in [-0.1, -0.05) is 46.9 Å². The topological polar surface area (TPSA) is 189 Å². The highest BCUT2D eigenvalue weighted by Crippen LogP contribution is 2.31. The van der Waals surface area contributed by atoms with Crippen molar-refractivity contribution in [3.63, 3.8) is 0 Å². The van der Waals surface area contributed by atoms with Crippen LogP contribution in [0.2, 0.25) is 0 Å². The first-order valence-electron chi connectivity index (χ1n) is 15.8. The van der Waals surface area contributed by atoms with E-state index >= 15 is 0 Å². The van der Waals surface area contributed by atoms with Crippen LogP contribution in [-0.2, 0) is 6.61 Å². The van der Waals surface area contributed by atoms with Gasteiger partial charge in [0.05, 0.1) is 50.8 Å². The SMILES string of the molecule is CCNC(=O)Nc1nc2cc(-c3ccc(CO)nc3)ccc2s1.CCNC(=O)Nc1nc2cc(-c3cnc(-n4ccccc4=O)cn3)ccc2s1. The third-order valence-electron chi connectivity index (χ3n) is 7.21. The molecule has 51 heavy (non-hydrogen) atoms. The highest BCUT2D eigenvalue weighted by molar-refractivity contribution is 7.22. The Labute approximate surface area is 299 Å². The number of amides is 4. The number of nitrogens with zero attached hydrogens (tertiary/aromatic N) is 6. The van der Waals surface area contributed by atoms with Gasteiger partial charge in [-0.05, 0) is 55.8 Å². The van der Waals surface area contributed by atoms with Crippen molar-refractivity contribution in [2.24, 2.45) is 0 Å². The molecule has 0 aliphatic carbocycles. The van der Waals surface area contributed by atoms with Crippen molar-refractivity contribution < 1.29 is 14.7 Å². The number of pyridine rings is 2. The molecule has 0 fully saturated rings. The molecule has 4 amide bonds. The molecule has 2 aromatic carbocycles. The van der Waals surface area contributed by atoms with Crippen molar-refractivity contribution in [3.05, 3.63) is 108 Å². The molecule has 0 aliphatic heterocycles. The van der Waals surface area contributed by atoms with E-state index in [1.165, 1.54) is 33.3 Å². The Morgan fingerprint density at radius 3 is 1.90 bits per heavy atom. The zero-order valence-electron chi connectivity index (χ0n) is 27.5. The molecular formula is C35H32N10O4S2. The van der Waals surface area contributed by atoms with Gasteiger partial charge in [-0.3, -0.25) is 30.0 Å².